The summed E-state index contributed by atoms with van der Waals surface area (Å²) in [5, 5.41) is 0. The number of likely N-dealkylation sites (tertiary alicyclic amines) is 1. The third-order valence-electron chi connectivity index (χ3n) is 4.02. The fourth-order valence-electron chi connectivity index (χ4n) is 3.03. The molecule has 0 saturated carbocycles. The molecule has 4 nitrogen and oxygen atoms in total. The first kappa shape index (κ1) is 13.3. The maximum Gasteiger partial charge on any atom is 0.140 e. The zero-order chi connectivity index (χ0) is 14.1. The quantitative estimate of drug-likeness (QED) is 0.858. The van der Waals surface area contributed by atoms with Gasteiger partial charge in [-0.05, 0) is 20.0 Å². The molecule has 1 aromatic heterocycles. The van der Waals surface area contributed by atoms with Gasteiger partial charge in [-0.25, -0.2) is 4.98 Å². The molecule has 20 heavy (non-hydrogen) atoms. The van der Waals surface area contributed by atoms with E-state index in [4.69, 9.17) is 4.74 Å². The van der Waals surface area contributed by atoms with Crippen LogP contribution >= 0.6 is 0 Å². The van der Waals surface area contributed by atoms with Crippen LogP contribution in [0.15, 0.2) is 36.7 Å². The van der Waals surface area contributed by atoms with Gasteiger partial charge in [-0.2, -0.15) is 0 Å². The van der Waals surface area contributed by atoms with Crippen molar-refractivity contribution in [1.29, 1.82) is 0 Å². The zero-order valence-electron chi connectivity index (χ0n) is 12.3. The van der Waals surface area contributed by atoms with E-state index in [0.717, 1.165) is 18.9 Å². The van der Waals surface area contributed by atoms with Gasteiger partial charge >= 0.3 is 0 Å². The van der Waals surface area contributed by atoms with Crippen LogP contribution in [-0.4, -0.2) is 47.8 Å². The maximum absolute atomic E-state index is 5.64. The van der Waals surface area contributed by atoms with Gasteiger partial charge in [0.05, 0.1) is 12.1 Å². The predicted molar refractivity (Wildman–Crippen MR) is 79.7 cm³/mol. The number of nitrogens with zero attached hydrogens (tertiary/aromatic N) is 3. The third-order valence-corrected chi connectivity index (χ3v) is 4.02. The molecule has 1 aliphatic heterocycles. The smallest absolute Gasteiger partial charge is 0.140 e. The molecule has 0 bridgehead atoms. The highest BCUT2D eigenvalue weighted by Gasteiger charge is 2.33. The molecular weight excluding hydrogens is 250 g/mol. The van der Waals surface area contributed by atoms with E-state index in [1.807, 2.05) is 6.20 Å². The average Bonchev–Trinajstić information content (AvgIpc) is 3.04. The monoisotopic (exact) mass is 271 g/mol. The number of hydrogen-bond donors (Lipinski definition) is 0. The largest absolute Gasteiger partial charge is 0.378 e. The van der Waals surface area contributed by atoms with Crippen LogP contribution in [0.2, 0.25) is 0 Å². The molecule has 2 aromatic rings. The summed E-state index contributed by atoms with van der Waals surface area (Å²) >= 11 is 0. The van der Waals surface area contributed by atoms with Crippen LogP contribution in [0, 0.1) is 6.92 Å². The molecule has 1 saturated heterocycles. The lowest BCUT2D eigenvalue weighted by atomic mass is 10.1. The Kier molecular flexibility index (Phi) is 3.59. The second-order valence-electron chi connectivity index (χ2n) is 5.59. The van der Waals surface area contributed by atoms with Gasteiger partial charge in [0.1, 0.15) is 5.82 Å². The number of imidazole rings is 1. The molecule has 1 aliphatic rings. The zero-order valence-corrected chi connectivity index (χ0v) is 12.3. The molecule has 2 atom stereocenters. The van der Waals surface area contributed by atoms with Gasteiger partial charge in [0, 0.05) is 38.2 Å². The number of hydrogen-bond acceptors (Lipinski definition) is 3. The van der Waals surface area contributed by atoms with Crippen molar-refractivity contribution in [3.63, 3.8) is 0 Å². The lowest BCUT2D eigenvalue weighted by Gasteiger charge is -2.21. The topological polar surface area (TPSA) is 30.3 Å². The summed E-state index contributed by atoms with van der Waals surface area (Å²) in [4.78, 5) is 6.86. The van der Waals surface area contributed by atoms with Crippen LogP contribution in [-0.2, 0) is 4.74 Å². The molecule has 2 heterocycles. The number of ether oxygens (including phenoxy) is 1. The summed E-state index contributed by atoms with van der Waals surface area (Å²) in [6.07, 6.45) is 4.16. The fraction of sp³-hybridized carbons (Fsp3) is 0.438. The first-order valence-electron chi connectivity index (χ1n) is 7.00. The molecule has 0 aliphatic carbocycles. The van der Waals surface area contributed by atoms with Crippen molar-refractivity contribution < 1.29 is 4.74 Å². The number of aromatic nitrogens is 2. The highest BCUT2D eigenvalue weighted by molar-refractivity contribution is 5.56. The van der Waals surface area contributed by atoms with Crippen molar-refractivity contribution in [3.05, 3.63) is 42.2 Å². The van der Waals surface area contributed by atoms with Crippen molar-refractivity contribution in [1.82, 2.24) is 14.5 Å². The highest BCUT2D eigenvalue weighted by Crippen LogP contribution is 2.28. The maximum atomic E-state index is 5.64. The summed E-state index contributed by atoms with van der Waals surface area (Å²) in [5.74, 6) is 1.02. The Balaban J connectivity index is 1.98. The van der Waals surface area contributed by atoms with Gasteiger partial charge in [-0.15, -0.1) is 0 Å². The third kappa shape index (κ3) is 2.37. The molecule has 3 rings (SSSR count). The van der Waals surface area contributed by atoms with E-state index in [1.54, 1.807) is 7.11 Å². The van der Waals surface area contributed by atoms with Crippen molar-refractivity contribution in [2.45, 2.75) is 19.1 Å². The van der Waals surface area contributed by atoms with Gasteiger partial charge in [-0.1, -0.05) is 23.8 Å². The van der Waals surface area contributed by atoms with E-state index < -0.39 is 0 Å². The fourth-order valence-corrected chi connectivity index (χ4v) is 3.03. The van der Waals surface area contributed by atoms with Crippen molar-refractivity contribution in [3.8, 4) is 11.4 Å². The highest BCUT2D eigenvalue weighted by atomic mass is 16.5. The average molecular weight is 271 g/mol. The SMILES string of the molecule is CO[C@@H]1CN(C)C[C@H]1n1ccnc1-c1cccc(C)c1. The lowest BCUT2D eigenvalue weighted by molar-refractivity contribution is 0.0832. The van der Waals surface area contributed by atoms with Crippen molar-refractivity contribution in [2.75, 3.05) is 27.2 Å². The Hall–Kier alpha value is -1.65. The van der Waals surface area contributed by atoms with Crippen LogP contribution in [0.3, 0.4) is 0 Å². The van der Waals surface area contributed by atoms with Gasteiger partial charge < -0.3 is 14.2 Å². The molecule has 1 fully saturated rings. The predicted octanol–water partition coefficient (Wildman–Crippen LogP) is 2.36. The van der Waals surface area contributed by atoms with Crippen LogP contribution in [0.25, 0.3) is 11.4 Å². The van der Waals surface area contributed by atoms with E-state index in [0.29, 0.717) is 6.04 Å². The molecular formula is C16H21N3O. The van der Waals surface area contributed by atoms with Crippen LogP contribution in [0.1, 0.15) is 11.6 Å². The summed E-state index contributed by atoms with van der Waals surface area (Å²) < 4.78 is 7.90. The van der Waals surface area contributed by atoms with E-state index >= 15 is 0 Å². The Bertz CT molecular complexity index is 593. The Morgan fingerprint density at radius 3 is 2.90 bits per heavy atom. The van der Waals surface area contributed by atoms with E-state index in [-0.39, 0.29) is 6.10 Å². The minimum Gasteiger partial charge on any atom is -0.378 e. The molecule has 4 heteroatoms. The van der Waals surface area contributed by atoms with Crippen LogP contribution < -0.4 is 0 Å². The standard InChI is InChI=1S/C16H21N3O/c1-12-5-4-6-13(9-12)16-17-7-8-19(16)14-10-18(2)11-15(14)20-3/h4-9,14-15H,10-11H2,1-3H3/t14-,15-/m1/s1. The molecule has 0 N–H and O–H groups in total. The summed E-state index contributed by atoms with van der Waals surface area (Å²) in [6.45, 7) is 4.07. The number of likely N-dealkylation sites (N-methyl/N-ethyl adjacent to an activating group) is 1. The molecule has 106 valence electrons. The molecule has 0 radical (unpaired) electrons. The lowest BCUT2D eigenvalue weighted by Crippen LogP contribution is -2.24. The number of benzene rings is 1. The Morgan fingerprint density at radius 2 is 2.15 bits per heavy atom. The van der Waals surface area contributed by atoms with Crippen LogP contribution in [0.5, 0.6) is 0 Å². The summed E-state index contributed by atoms with van der Waals surface area (Å²) in [7, 11) is 3.93. The second-order valence-corrected chi connectivity index (χ2v) is 5.59. The first-order chi connectivity index (χ1) is 9.69. The number of rotatable bonds is 3. The minimum atomic E-state index is 0.220. The first-order valence-corrected chi connectivity index (χ1v) is 7.00. The van der Waals surface area contributed by atoms with Gasteiger partial charge in [0.2, 0.25) is 0 Å². The van der Waals surface area contributed by atoms with E-state index in [1.165, 1.54) is 11.1 Å². The number of aryl methyl sites for hydroxylation is 1. The van der Waals surface area contributed by atoms with E-state index in [9.17, 15) is 0 Å². The molecule has 0 amide bonds. The van der Waals surface area contributed by atoms with Gasteiger partial charge in [0.25, 0.3) is 0 Å². The van der Waals surface area contributed by atoms with Crippen molar-refractivity contribution >= 4 is 0 Å². The second kappa shape index (κ2) is 5.38. The van der Waals surface area contributed by atoms with Crippen molar-refractivity contribution in [2.24, 2.45) is 0 Å². The van der Waals surface area contributed by atoms with E-state index in [2.05, 4.69) is 58.9 Å². The molecule has 1 aromatic carbocycles. The normalized spacial score (nSPS) is 23.4. The Morgan fingerprint density at radius 1 is 1.30 bits per heavy atom. The van der Waals surface area contributed by atoms with Gasteiger partial charge in [-0.3, -0.25) is 0 Å². The molecule has 0 unspecified atom stereocenters. The summed E-state index contributed by atoms with van der Waals surface area (Å²) in [5.41, 5.74) is 2.42. The number of methoxy groups -OCH3 is 1. The Labute approximate surface area is 120 Å². The minimum absolute atomic E-state index is 0.220. The van der Waals surface area contributed by atoms with Gasteiger partial charge in [0.15, 0.2) is 0 Å². The summed E-state index contributed by atoms with van der Waals surface area (Å²) in [6, 6.07) is 8.81. The molecule has 0 spiro atoms. The van der Waals surface area contributed by atoms with Crippen LogP contribution in [0.4, 0.5) is 0 Å².